The van der Waals surface area contributed by atoms with Crippen molar-refractivity contribution in [1.82, 2.24) is 5.32 Å². The number of carbonyl (C=O) groups excluding carboxylic acids is 2. The highest BCUT2D eigenvalue weighted by Crippen LogP contribution is 2.18. The topological polar surface area (TPSA) is 95.9 Å². The van der Waals surface area contributed by atoms with E-state index in [-0.39, 0.29) is 18.5 Å². The lowest BCUT2D eigenvalue weighted by Crippen LogP contribution is -2.45. The van der Waals surface area contributed by atoms with Crippen molar-refractivity contribution in [3.05, 3.63) is 48.6 Å². The summed E-state index contributed by atoms with van der Waals surface area (Å²) < 4.78 is 5.50. The van der Waals surface area contributed by atoms with Crippen LogP contribution < -0.4 is 5.32 Å². The van der Waals surface area contributed by atoms with Crippen molar-refractivity contribution in [2.45, 2.75) is 379 Å². The molecule has 0 fully saturated rings. The minimum atomic E-state index is -0.850. The van der Waals surface area contributed by atoms with Gasteiger partial charge in [0.15, 0.2) is 0 Å². The standard InChI is InChI=1S/C71H133NO5/c1-3-5-7-9-11-13-15-17-19-21-27-31-35-39-43-47-51-55-59-63-69(74)68(67-73)72-70(75)64-60-56-52-48-44-40-36-32-29-25-23-24-26-30-34-38-42-46-50-54-58-62-66-77-71(76)65-61-57-53-49-45-41-37-33-28-22-20-18-16-14-12-10-8-6-4-2/h12,14,18,20,25,29,59,63,68-69,73-74H,3-11,13,15-17,19,21-24,26-28,30-58,60-62,64-67H2,1-2H3,(H,72,75)/b14-12-,20-18-,29-25-,63-59+. The molecule has 0 saturated heterocycles. The van der Waals surface area contributed by atoms with Crippen LogP contribution >= 0.6 is 0 Å². The summed E-state index contributed by atoms with van der Waals surface area (Å²) in [6, 6.07) is -0.635. The van der Waals surface area contributed by atoms with Crippen molar-refractivity contribution in [3.8, 4) is 0 Å². The fourth-order valence-electron chi connectivity index (χ4n) is 10.5. The number of allylic oxidation sites excluding steroid dienone is 7. The van der Waals surface area contributed by atoms with E-state index in [0.29, 0.717) is 19.4 Å². The molecular weight excluding hydrogens is 947 g/mol. The number of aliphatic hydroxyl groups is 2. The second-order valence-electron chi connectivity index (χ2n) is 23.5. The SMILES string of the molecule is CCCCC/C=C\C/C=C\CCCCCCCCCCCC(=O)OCCCCCCCCCCCCC/C=C\CCCCCCCCCC(=O)NC(CO)C(O)/C=C/CCCCCCCCCCCCCCCCCCC. The lowest BCUT2D eigenvalue weighted by atomic mass is 10.0. The molecule has 0 aliphatic heterocycles. The van der Waals surface area contributed by atoms with Crippen LogP contribution in [0, 0.1) is 0 Å². The first-order valence-electron chi connectivity index (χ1n) is 34.4. The molecule has 2 unspecified atom stereocenters. The van der Waals surface area contributed by atoms with Gasteiger partial charge in [-0.3, -0.25) is 9.59 Å². The second kappa shape index (κ2) is 66.3. The minimum Gasteiger partial charge on any atom is -0.466 e. The summed E-state index contributed by atoms with van der Waals surface area (Å²) in [7, 11) is 0. The fraction of sp³-hybridized carbons (Fsp3) is 0.859. The van der Waals surface area contributed by atoms with Gasteiger partial charge >= 0.3 is 5.97 Å². The maximum Gasteiger partial charge on any atom is 0.305 e. The molecule has 0 aliphatic carbocycles. The summed E-state index contributed by atoms with van der Waals surface area (Å²) in [5.41, 5.74) is 0. The molecule has 6 heteroatoms. The first-order chi connectivity index (χ1) is 38.0. The van der Waals surface area contributed by atoms with E-state index in [1.807, 2.05) is 6.08 Å². The van der Waals surface area contributed by atoms with E-state index >= 15 is 0 Å². The van der Waals surface area contributed by atoms with Crippen molar-refractivity contribution in [1.29, 1.82) is 0 Å². The van der Waals surface area contributed by atoms with E-state index in [4.69, 9.17) is 4.74 Å². The summed E-state index contributed by atoms with van der Waals surface area (Å²) in [6.45, 7) is 4.90. The Morgan fingerprint density at radius 1 is 0.364 bits per heavy atom. The molecule has 0 aromatic carbocycles. The van der Waals surface area contributed by atoms with Crippen molar-refractivity contribution >= 4 is 11.9 Å². The van der Waals surface area contributed by atoms with Crippen molar-refractivity contribution in [2.24, 2.45) is 0 Å². The van der Waals surface area contributed by atoms with Crippen molar-refractivity contribution in [2.75, 3.05) is 13.2 Å². The van der Waals surface area contributed by atoms with E-state index in [1.54, 1.807) is 6.08 Å². The third-order valence-electron chi connectivity index (χ3n) is 15.8. The Morgan fingerprint density at radius 2 is 0.649 bits per heavy atom. The van der Waals surface area contributed by atoms with Gasteiger partial charge in [-0.05, 0) is 89.9 Å². The second-order valence-corrected chi connectivity index (χ2v) is 23.5. The normalized spacial score (nSPS) is 12.8. The third-order valence-corrected chi connectivity index (χ3v) is 15.8. The molecule has 0 heterocycles. The number of esters is 1. The Labute approximate surface area is 480 Å². The number of carbonyl (C=O) groups is 2. The predicted octanol–water partition coefficient (Wildman–Crippen LogP) is 22.1. The molecule has 452 valence electrons. The van der Waals surface area contributed by atoms with Gasteiger partial charge in [-0.15, -0.1) is 0 Å². The molecule has 1 amide bonds. The van der Waals surface area contributed by atoms with Crippen LogP contribution in [-0.4, -0.2) is 47.4 Å². The van der Waals surface area contributed by atoms with E-state index in [0.717, 1.165) is 57.8 Å². The lowest BCUT2D eigenvalue weighted by molar-refractivity contribution is -0.143. The molecule has 0 spiro atoms. The summed E-state index contributed by atoms with van der Waals surface area (Å²) in [5, 5.41) is 23.2. The highest BCUT2D eigenvalue weighted by Gasteiger charge is 2.18. The number of nitrogens with one attached hydrogen (secondary N) is 1. The van der Waals surface area contributed by atoms with Crippen LogP contribution in [-0.2, 0) is 14.3 Å². The van der Waals surface area contributed by atoms with Gasteiger partial charge in [0.2, 0.25) is 5.91 Å². The quantitative estimate of drug-likeness (QED) is 0.0320. The zero-order valence-corrected chi connectivity index (χ0v) is 51.7. The van der Waals surface area contributed by atoms with E-state index < -0.39 is 12.1 Å². The molecule has 0 radical (unpaired) electrons. The van der Waals surface area contributed by atoms with Crippen LogP contribution in [0.2, 0.25) is 0 Å². The van der Waals surface area contributed by atoms with Gasteiger partial charge in [-0.1, -0.05) is 313 Å². The first kappa shape index (κ1) is 74.8. The molecule has 3 N–H and O–H groups in total. The number of ether oxygens (including phenoxy) is 1. The lowest BCUT2D eigenvalue weighted by Gasteiger charge is -2.20. The van der Waals surface area contributed by atoms with E-state index in [9.17, 15) is 19.8 Å². The fourth-order valence-corrected chi connectivity index (χ4v) is 10.5. The van der Waals surface area contributed by atoms with E-state index in [2.05, 4.69) is 55.6 Å². The highest BCUT2D eigenvalue weighted by molar-refractivity contribution is 5.76. The van der Waals surface area contributed by atoms with Gasteiger partial charge in [0.05, 0.1) is 25.4 Å². The summed E-state index contributed by atoms with van der Waals surface area (Å²) in [6.07, 6.45) is 86.0. The Balaban J connectivity index is 3.43. The minimum absolute atomic E-state index is 0.00580. The Bertz CT molecular complexity index is 1290. The Kier molecular flexibility index (Phi) is 64.5. The van der Waals surface area contributed by atoms with Crippen LogP contribution in [0.3, 0.4) is 0 Å². The Morgan fingerprint density at radius 3 is 1.03 bits per heavy atom. The Hall–Kier alpha value is -2.18. The largest absolute Gasteiger partial charge is 0.466 e. The molecule has 2 atom stereocenters. The van der Waals surface area contributed by atoms with Crippen molar-refractivity contribution < 1.29 is 24.5 Å². The molecule has 77 heavy (non-hydrogen) atoms. The monoisotopic (exact) mass is 1080 g/mol. The van der Waals surface area contributed by atoms with E-state index in [1.165, 1.54) is 283 Å². The summed E-state index contributed by atoms with van der Waals surface area (Å²) in [5.74, 6) is -0.0669. The summed E-state index contributed by atoms with van der Waals surface area (Å²) in [4.78, 5) is 24.6. The molecular formula is C71H133NO5. The molecule has 0 saturated carbocycles. The molecule has 0 aromatic rings. The van der Waals surface area contributed by atoms with Crippen LogP contribution in [0.4, 0.5) is 0 Å². The predicted molar refractivity (Wildman–Crippen MR) is 338 cm³/mol. The third kappa shape index (κ3) is 62.9. The smallest absolute Gasteiger partial charge is 0.305 e. The van der Waals surface area contributed by atoms with Crippen molar-refractivity contribution in [3.63, 3.8) is 0 Å². The van der Waals surface area contributed by atoms with Crippen LogP contribution in [0.5, 0.6) is 0 Å². The number of hydrogen-bond donors (Lipinski definition) is 3. The highest BCUT2D eigenvalue weighted by atomic mass is 16.5. The zero-order valence-electron chi connectivity index (χ0n) is 51.7. The van der Waals surface area contributed by atoms with Gasteiger partial charge < -0.3 is 20.3 Å². The zero-order chi connectivity index (χ0) is 55.7. The molecule has 0 aromatic heterocycles. The van der Waals surface area contributed by atoms with Crippen LogP contribution in [0.1, 0.15) is 367 Å². The average molecular weight is 1080 g/mol. The first-order valence-corrected chi connectivity index (χ1v) is 34.4. The molecule has 0 bridgehead atoms. The van der Waals surface area contributed by atoms with Gasteiger partial charge in [0.1, 0.15) is 0 Å². The number of amides is 1. The van der Waals surface area contributed by atoms with Gasteiger partial charge in [0, 0.05) is 12.8 Å². The van der Waals surface area contributed by atoms with Gasteiger partial charge in [0.25, 0.3) is 0 Å². The van der Waals surface area contributed by atoms with Crippen LogP contribution in [0.15, 0.2) is 48.6 Å². The van der Waals surface area contributed by atoms with Gasteiger partial charge in [-0.2, -0.15) is 0 Å². The average Bonchev–Trinajstić information content (AvgIpc) is 3.43. The summed E-state index contributed by atoms with van der Waals surface area (Å²) >= 11 is 0. The molecule has 0 rings (SSSR count). The molecule has 0 aliphatic rings. The maximum absolute atomic E-state index is 12.5. The number of rotatable bonds is 64. The maximum atomic E-state index is 12.5. The van der Waals surface area contributed by atoms with Gasteiger partial charge in [-0.25, -0.2) is 0 Å². The van der Waals surface area contributed by atoms with Crippen LogP contribution in [0.25, 0.3) is 0 Å². The number of unbranched alkanes of at least 4 members (excludes halogenated alkanes) is 47. The number of hydrogen-bond acceptors (Lipinski definition) is 5. The number of aliphatic hydroxyl groups excluding tert-OH is 2. The molecule has 6 nitrogen and oxygen atoms in total.